The molecule has 0 radical (unpaired) electrons. The first-order valence-electron chi connectivity index (χ1n) is 7.37. The largest absolute Gasteiger partial charge is 0.379 e. The first kappa shape index (κ1) is 16.7. The van der Waals surface area contributed by atoms with Crippen LogP contribution in [-0.4, -0.2) is 49.1 Å². The fraction of sp³-hybridized carbons (Fsp3) is 0.733. The van der Waals surface area contributed by atoms with E-state index in [0.717, 1.165) is 12.8 Å². The number of carbonyl (C=O) groups excluding carboxylic acids is 2. The van der Waals surface area contributed by atoms with Gasteiger partial charge in [-0.1, -0.05) is 26.3 Å². The van der Waals surface area contributed by atoms with E-state index in [1.807, 2.05) is 13.8 Å². The minimum Gasteiger partial charge on any atom is -0.379 e. The van der Waals surface area contributed by atoms with E-state index in [-0.39, 0.29) is 17.7 Å². The molecule has 2 amide bonds. The average Bonchev–Trinajstić information content (AvgIpc) is 2.59. The van der Waals surface area contributed by atoms with E-state index >= 15 is 0 Å². The third-order valence-corrected chi connectivity index (χ3v) is 3.69. The summed E-state index contributed by atoms with van der Waals surface area (Å²) < 4.78 is 5.44. The van der Waals surface area contributed by atoms with E-state index < -0.39 is 6.04 Å². The SMILES string of the molecule is C=CCCOCCN1CCC(=O)NC(C(C)CC)C1=O. The fourth-order valence-electron chi connectivity index (χ4n) is 2.14. The van der Waals surface area contributed by atoms with E-state index in [0.29, 0.717) is 32.7 Å². The molecule has 0 aliphatic carbocycles. The lowest BCUT2D eigenvalue weighted by Gasteiger charge is -2.27. The fourth-order valence-corrected chi connectivity index (χ4v) is 2.14. The Hall–Kier alpha value is -1.36. The molecule has 1 N–H and O–H groups in total. The molecule has 2 atom stereocenters. The maximum absolute atomic E-state index is 12.5. The number of amides is 2. The van der Waals surface area contributed by atoms with Crippen molar-refractivity contribution in [1.29, 1.82) is 0 Å². The van der Waals surface area contributed by atoms with Crippen LogP contribution in [0.25, 0.3) is 0 Å². The van der Waals surface area contributed by atoms with Crippen molar-refractivity contribution in [2.45, 2.75) is 39.2 Å². The molecule has 5 heteroatoms. The van der Waals surface area contributed by atoms with E-state index in [4.69, 9.17) is 4.74 Å². The van der Waals surface area contributed by atoms with E-state index in [9.17, 15) is 9.59 Å². The van der Waals surface area contributed by atoms with Crippen LogP contribution in [-0.2, 0) is 14.3 Å². The second kappa shape index (κ2) is 8.74. The second-order valence-corrected chi connectivity index (χ2v) is 5.20. The van der Waals surface area contributed by atoms with Crippen LogP contribution in [0.15, 0.2) is 12.7 Å². The zero-order chi connectivity index (χ0) is 15.0. The maximum Gasteiger partial charge on any atom is 0.245 e. The second-order valence-electron chi connectivity index (χ2n) is 5.20. The van der Waals surface area contributed by atoms with Gasteiger partial charge in [0.15, 0.2) is 0 Å². The Labute approximate surface area is 121 Å². The van der Waals surface area contributed by atoms with Gasteiger partial charge < -0.3 is 15.0 Å². The Morgan fingerprint density at radius 3 is 2.90 bits per heavy atom. The molecule has 0 aromatic heterocycles. The molecule has 1 aliphatic heterocycles. The summed E-state index contributed by atoms with van der Waals surface area (Å²) in [5.41, 5.74) is 0. The van der Waals surface area contributed by atoms with Crippen molar-refractivity contribution in [3.8, 4) is 0 Å². The van der Waals surface area contributed by atoms with Crippen LogP contribution in [0.1, 0.15) is 33.1 Å². The van der Waals surface area contributed by atoms with E-state index in [1.54, 1.807) is 11.0 Å². The number of ether oxygens (including phenoxy) is 1. The van der Waals surface area contributed by atoms with Gasteiger partial charge in [-0.05, 0) is 12.3 Å². The van der Waals surface area contributed by atoms with Gasteiger partial charge >= 0.3 is 0 Å². The predicted octanol–water partition coefficient (Wildman–Crippen LogP) is 1.34. The Morgan fingerprint density at radius 1 is 1.50 bits per heavy atom. The lowest BCUT2D eigenvalue weighted by molar-refractivity contribution is -0.135. The van der Waals surface area contributed by atoms with Crippen molar-refractivity contribution >= 4 is 11.8 Å². The molecule has 0 aromatic carbocycles. The molecular weight excluding hydrogens is 256 g/mol. The number of nitrogens with one attached hydrogen (secondary N) is 1. The van der Waals surface area contributed by atoms with Crippen LogP contribution in [0.2, 0.25) is 0 Å². The minimum atomic E-state index is -0.400. The van der Waals surface area contributed by atoms with Gasteiger partial charge in [-0.25, -0.2) is 0 Å². The van der Waals surface area contributed by atoms with E-state index in [2.05, 4.69) is 11.9 Å². The lowest BCUT2D eigenvalue weighted by Crippen LogP contribution is -2.48. The summed E-state index contributed by atoms with van der Waals surface area (Å²) in [4.78, 5) is 25.9. The third-order valence-electron chi connectivity index (χ3n) is 3.69. The molecule has 2 unspecified atom stereocenters. The Bertz CT molecular complexity index is 344. The number of hydrogen-bond donors (Lipinski definition) is 1. The van der Waals surface area contributed by atoms with Crippen molar-refractivity contribution in [3.63, 3.8) is 0 Å². The summed E-state index contributed by atoms with van der Waals surface area (Å²) in [7, 11) is 0. The molecule has 114 valence electrons. The van der Waals surface area contributed by atoms with Gasteiger partial charge in [0.25, 0.3) is 0 Å². The minimum absolute atomic E-state index is 0.0116. The zero-order valence-corrected chi connectivity index (χ0v) is 12.6. The van der Waals surface area contributed by atoms with E-state index in [1.165, 1.54) is 0 Å². The number of hydrogen-bond acceptors (Lipinski definition) is 3. The number of rotatable bonds is 8. The Balaban J connectivity index is 2.53. The molecular formula is C15H26N2O3. The normalized spacial score (nSPS) is 21.3. The van der Waals surface area contributed by atoms with Crippen molar-refractivity contribution in [2.75, 3.05) is 26.3 Å². The predicted molar refractivity (Wildman–Crippen MR) is 78.2 cm³/mol. The highest BCUT2D eigenvalue weighted by molar-refractivity contribution is 5.90. The average molecular weight is 282 g/mol. The summed E-state index contributed by atoms with van der Waals surface area (Å²) in [6.45, 7) is 9.79. The monoisotopic (exact) mass is 282 g/mol. The van der Waals surface area contributed by atoms with Crippen LogP contribution < -0.4 is 5.32 Å². The highest BCUT2D eigenvalue weighted by Crippen LogP contribution is 2.14. The van der Waals surface area contributed by atoms with Crippen LogP contribution in [0.5, 0.6) is 0 Å². The smallest absolute Gasteiger partial charge is 0.245 e. The van der Waals surface area contributed by atoms with Crippen molar-refractivity contribution in [3.05, 3.63) is 12.7 Å². The summed E-state index contributed by atoms with van der Waals surface area (Å²) in [5.74, 6) is 0.116. The first-order chi connectivity index (χ1) is 9.60. The highest BCUT2D eigenvalue weighted by atomic mass is 16.5. The van der Waals surface area contributed by atoms with Gasteiger partial charge in [-0.15, -0.1) is 6.58 Å². The lowest BCUT2D eigenvalue weighted by atomic mass is 9.98. The summed E-state index contributed by atoms with van der Waals surface area (Å²) in [6.07, 6.45) is 3.84. The standard InChI is InChI=1S/C15H26N2O3/c1-4-6-10-20-11-9-17-8-7-13(18)16-14(15(17)19)12(3)5-2/h4,12,14H,1,5-11H2,2-3H3,(H,16,18). The molecule has 1 fully saturated rings. The summed E-state index contributed by atoms with van der Waals surface area (Å²) in [6, 6.07) is -0.400. The molecule has 1 saturated heterocycles. The number of nitrogens with zero attached hydrogens (tertiary/aromatic N) is 1. The van der Waals surface area contributed by atoms with Crippen LogP contribution in [0.3, 0.4) is 0 Å². The molecule has 0 saturated carbocycles. The van der Waals surface area contributed by atoms with Crippen LogP contribution in [0, 0.1) is 5.92 Å². The Morgan fingerprint density at radius 2 is 2.25 bits per heavy atom. The van der Waals surface area contributed by atoms with Gasteiger partial charge in [0.2, 0.25) is 11.8 Å². The van der Waals surface area contributed by atoms with Gasteiger partial charge in [0.05, 0.1) is 13.2 Å². The summed E-state index contributed by atoms with van der Waals surface area (Å²) >= 11 is 0. The maximum atomic E-state index is 12.5. The van der Waals surface area contributed by atoms with Gasteiger partial charge in [0.1, 0.15) is 6.04 Å². The first-order valence-corrected chi connectivity index (χ1v) is 7.37. The molecule has 0 bridgehead atoms. The summed E-state index contributed by atoms with van der Waals surface area (Å²) in [5, 5.41) is 2.84. The molecule has 1 rings (SSSR count). The molecule has 0 aromatic rings. The molecule has 1 heterocycles. The molecule has 20 heavy (non-hydrogen) atoms. The molecule has 1 aliphatic rings. The molecule has 5 nitrogen and oxygen atoms in total. The highest BCUT2D eigenvalue weighted by Gasteiger charge is 2.32. The van der Waals surface area contributed by atoms with Crippen molar-refractivity contribution < 1.29 is 14.3 Å². The van der Waals surface area contributed by atoms with Crippen LogP contribution in [0.4, 0.5) is 0 Å². The van der Waals surface area contributed by atoms with Crippen molar-refractivity contribution in [1.82, 2.24) is 10.2 Å². The van der Waals surface area contributed by atoms with Gasteiger partial charge in [0, 0.05) is 19.5 Å². The quantitative estimate of drug-likeness (QED) is 0.540. The van der Waals surface area contributed by atoms with Gasteiger partial charge in [-0.3, -0.25) is 9.59 Å². The van der Waals surface area contributed by atoms with Crippen molar-refractivity contribution in [2.24, 2.45) is 5.92 Å². The zero-order valence-electron chi connectivity index (χ0n) is 12.6. The third kappa shape index (κ3) is 4.96. The van der Waals surface area contributed by atoms with Gasteiger partial charge in [-0.2, -0.15) is 0 Å². The topological polar surface area (TPSA) is 58.6 Å². The Kier molecular flexibility index (Phi) is 7.30. The van der Waals surface area contributed by atoms with Crippen LogP contribution >= 0.6 is 0 Å². The number of carbonyl (C=O) groups is 2. The molecule has 0 spiro atoms.